The Morgan fingerprint density at radius 2 is 1.81 bits per heavy atom. The van der Waals surface area contributed by atoms with E-state index >= 15 is 0 Å². The number of fused-ring (bicyclic) bond motifs is 3. The number of imidazole rings is 1. The smallest absolute Gasteiger partial charge is 0.384 e. The molecule has 0 fully saturated rings. The Hall–Kier alpha value is -4.21. The summed E-state index contributed by atoms with van der Waals surface area (Å²) in [5.74, 6) is 0.375. The molecule has 5 aromatic rings. The minimum absolute atomic E-state index is 0.0787. The average molecular weight is 422 g/mol. The predicted octanol–water partition coefficient (Wildman–Crippen LogP) is 3.90. The third-order valence-electron chi connectivity index (χ3n) is 4.91. The zero-order valence-electron chi connectivity index (χ0n) is 15.7. The summed E-state index contributed by atoms with van der Waals surface area (Å²) in [6.07, 6.45) is -1.17. The minimum Gasteiger partial charge on any atom is -0.384 e. The molecule has 5 rings (SSSR count). The Kier molecular flexibility index (Phi) is 4.04. The predicted molar refractivity (Wildman–Crippen MR) is 109 cm³/mol. The highest BCUT2D eigenvalue weighted by atomic mass is 19.4. The molecule has 0 aliphatic rings. The first kappa shape index (κ1) is 18.8. The van der Waals surface area contributed by atoms with Crippen molar-refractivity contribution in [2.24, 2.45) is 0 Å². The van der Waals surface area contributed by atoms with Gasteiger partial charge in [0.25, 0.3) is 5.56 Å². The molecule has 3 N–H and O–H groups in total. The number of anilines is 1. The van der Waals surface area contributed by atoms with E-state index in [1.54, 1.807) is 41.1 Å². The topological polar surface area (TPSA) is 102 Å². The van der Waals surface area contributed by atoms with Crippen molar-refractivity contribution >= 4 is 22.5 Å². The van der Waals surface area contributed by atoms with Crippen molar-refractivity contribution in [3.63, 3.8) is 0 Å². The van der Waals surface area contributed by atoms with Crippen LogP contribution in [0, 0.1) is 0 Å². The number of halogens is 3. The molecule has 0 unspecified atom stereocenters. The molecule has 154 valence electrons. The van der Waals surface area contributed by atoms with Crippen LogP contribution in [0.5, 0.6) is 0 Å². The summed E-state index contributed by atoms with van der Waals surface area (Å²) in [5, 5.41) is 6.37. The largest absolute Gasteiger partial charge is 0.416 e. The van der Waals surface area contributed by atoms with E-state index in [0.717, 1.165) is 23.3 Å². The van der Waals surface area contributed by atoms with Gasteiger partial charge in [-0.25, -0.2) is 15.1 Å². The number of nitrogens with zero attached hydrogens (tertiary/aromatic N) is 4. The number of alkyl halides is 3. The van der Waals surface area contributed by atoms with E-state index in [0.29, 0.717) is 17.0 Å². The molecule has 0 amide bonds. The highest BCUT2D eigenvalue weighted by Gasteiger charge is 2.31. The van der Waals surface area contributed by atoms with Crippen molar-refractivity contribution in [2.45, 2.75) is 6.18 Å². The third-order valence-corrected chi connectivity index (χ3v) is 4.91. The fraction of sp³-hybridized carbons (Fsp3) is 0.0476. The molecule has 0 bridgehead atoms. The molecule has 1 aromatic carbocycles. The van der Waals surface area contributed by atoms with Crippen LogP contribution in [-0.4, -0.2) is 24.6 Å². The van der Waals surface area contributed by atoms with Gasteiger partial charge in [-0.15, -0.1) is 0 Å². The van der Waals surface area contributed by atoms with Crippen LogP contribution in [0.2, 0.25) is 0 Å². The lowest BCUT2D eigenvalue weighted by molar-refractivity contribution is -0.137. The van der Waals surface area contributed by atoms with Gasteiger partial charge in [-0.3, -0.25) is 9.20 Å². The molecule has 0 aliphatic heterocycles. The highest BCUT2D eigenvalue weighted by molar-refractivity contribution is 5.92. The van der Waals surface area contributed by atoms with E-state index in [1.807, 2.05) is 0 Å². The van der Waals surface area contributed by atoms with E-state index < -0.39 is 17.3 Å². The molecule has 0 atom stereocenters. The van der Waals surface area contributed by atoms with Crippen LogP contribution in [-0.2, 0) is 6.18 Å². The number of benzene rings is 1. The van der Waals surface area contributed by atoms with E-state index in [4.69, 9.17) is 5.73 Å². The summed E-state index contributed by atoms with van der Waals surface area (Å²) in [6.45, 7) is 0. The number of H-pyrrole nitrogens is 1. The number of nitrogens with one attached hydrogen (secondary N) is 1. The maximum absolute atomic E-state index is 13.2. The van der Waals surface area contributed by atoms with Gasteiger partial charge in [0.05, 0.1) is 5.56 Å². The van der Waals surface area contributed by atoms with Crippen molar-refractivity contribution in [1.82, 2.24) is 24.6 Å². The van der Waals surface area contributed by atoms with E-state index in [9.17, 15) is 18.0 Å². The van der Waals surface area contributed by atoms with Crippen molar-refractivity contribution in [1.29, 1.82) is 0 Å². The molecule has 7 nitrogen and oxygen atoms in total. The van der Waals surface area contributed by atoms with Crippen molar-refractivity contribution in [3.8, 4) is 22.4 Å². The highest BCUT2D eigenvalue weighted by Crippen LogP contribution is 2.33. The molecule has 0 saturated heterocycles. The molecular weight excluding hydrogens is 409 g/mol. The van der Waals surface area contributed by atoms with E-state index in [-0.39, 0.29) is 16.8 Å². The number of pyridine rings is 2. The standard InChI is InChI=1S/C21H13F3N6O/c22-21(23,24)14-3-1-2-11(8-14)17-19-18(20(31)29-28-17)27-16-7-5-13(10-30(16)19)12-4-6-15(25)26-9-12/h1-10H,(H2,25,26)(H,29,31). The number of hydrogen-bond donors (Lipinski definition) is 2. The number of nitrogen functional groups attached to an aromatic ring is 1. The molecule has 0 saturated carbocycles. The summed E-state index contributed by atoms with van der Waals surface area (Å²) >= 11 is 0. The van der Waals surface area contributed by atoms with Gasteiger partial charge in [0.2, 0.25) is 0 Å². The lowest BCUT2D eigenvalue weighted by Crippen LogP contribution is -2.10. The van der Waals surface area contributed by atoms with Gasteiger partial charge in [-0.1, -0.05) is 12.1 Å². The van der Waals surface area contributed by atoms with Crippen molar-refractivity contribution in [3.05, 3.63) is 76.8 Å². The summed E-state index contributed by atoms with van der Waals surface area (Å²) in [6, 6.07) is 11.7. The molecule has 4 heterocycles. The zero-order valence-corrected chi connectivity index (χ0v) is 15.7. The van der Waals surface area contributed by atoms with Crippen LogP contribution in [0.1, 0.15) is 5.56 Å². The summed E-state index contributed by atoms with van der Waals surface area (Å²) in [7, 11) is 0. The second-order valence-corrected chi connectivity index (χ2v) is 6.91. The van der Waals surface area contributed by atoms with E-state index in [1.165, 1.54) is 12.1 Å². The first-order valence-electron chi connectivity index (χ1n) is 9.11. The van der Waals surface area contributed by atoms with Gasteiger partial charge < -0.3 is 5.73 Å². The second kappa shape index (κ2) is 6.66. The third kappa shape index (κ3) is 3.18. The Labute approximate surface area is 172 Å². The molecule has 31 heavy (non-hydrogen) atoms. The van der Waals surface area contributed by atoms with Crippen molar-refractivity contribution in [2.75, 3.05) is 5.73 Å². The summed E-state index contributed by atoms with van der Waals surface area (Å²) < 4.78 is 41.3. The Morgan fingerprint density at radius 1 is 1.00 bits per heavy atom. The van der Waals surface area contributed by atoms with Crippen LogP contribution >= 0.6 is 0 Å². The zero-order chi connectivity index (χ0) is 21.8. The monoisotopic (exact) mass is 422 g/mol. The quantitative estimate of drug-likeness (QED) is 0.449. The number of rotatable bonds is 2. The Bertz CT molecular complexity index is 1500. The number of hydrogen-bond acceptors (Lipinski definition) is 5. The number of aromatic amines is 1. The first-order valence-corrected chi connectivity index (χ1v) is 9.11. The Balaban J connectivity index is 1.79. The normalized spacial score (nSPS) is 12.0. The number of aromatic nitrogens is 5. The maximum Gasteiger partial charge on any atom is 0.416 e. The second-order valence-electron chi connectivity index (χ2n) is 6.91. The van der Waals surface area contributed by atoms with E-state index in [2.05, 4.69) is 20.2 Å². The molecule has 10 heteroatoms. The first-order chi connectivity index (χ1) is 14.8. The number of nitrogens with two attached hydrogens (primary N) is 1. The lowest BCUT2D eigenvalue weighted by atomic mass is 10.1. The molecule has 0 aliphatic carbocycles. The average Bonchev–Trinajstić information content (AvgIpc) is 3.14. The van der Waals surface area contributed by atoms with Gasteiger partial charge in [0, 0.05) is 29.1 Å². The van der Waals surface area contributed by atoms with Crippen LogP contribution in [0.15, 0.2) is 65.7 Å². The van der Waals surface area contributed by atoms with Crippen LogP contribution < -0.4 is 11.3 Å². The molecule has 0 radical (unpaired) electrons. The van der Waals surface area contributed by atoms with Gasteiger partial charge in [-0.05, 0) is 36.4 Å². The minimum atomic E-state index is -4.51. The maximum atomic E-state index is 13.2. The molecule has 0 spiro atoms. The van der Waals surface area contributed by atoms with Gasteiger partial charge in [-0.2, -0.15) is 18.3 Å². The molecule has 4 aromatic heterocycles. The fourth-order valence-electron chi connectivity index (χ4n) is 3.43. The summed E-state index contributed by atoms with van der Waals surface area (Å²) in [4.78, 5) is 20.8. The van der Waals surface area contributed by atoms with Gasteiger partial charge in [0.15, 0.2) is 5.52 Å². The fourth-order valence-corrected chi connectivity index (χ4v) is 3.43. The van der Waals surface area contributed by atoms with Crippen LogP contribution in [0.4, 0.5) is 19.0 Å². The SMILES string of the molecule is Nc1ccc(-c2ccc3nc4c(=O)[nH]nc(-c5cccc(C(F)(F)F)c5)c4n3c2)cn1. The molecular formula is C21H13F3N6O. The van der Waals surface area contributed by atoms with Gasteiger partial charge in [0.1, 0.15) is 22.7 Å². The summed E-state index contributed by atoms with van der Waals surface area (Å²) in [5.41, 5.74) is 7.06. The Morgan fingerprint density at radius 3 is 2.55 bits per heavy atom. The van der Waals surface area contributed by atoms with Crippen LogP contribution in [0.3, 0.4) is 0 Å². The van der Waals surface area contributed by atoms with Crippen molar-refractivity contribution < 1.29 is 13.2 Å². The van der Waals surface area contributed by atoms with Gasteiger partial charge >= 0.3 is 6.18 Å². The lowest BCUT2D eigenvalue weighted by Gasteiger charge is -2.09. The van der Waals surface area contributed by atoms with Crippen LogP contribution in [0.25, 0.3) is 39.1 Å².